The van der Waals surface area contributed by atoms with Gasteiger partial charge in [-0.15, -0.1) is 0 Å². The third kappa shape index (κ3) is 4.55. The van der Waals surface area contributed by atoms with Gasteiger partial charge in [0, 0.05) is 11.1 Å². The lowest BCUT2D eigenvalue weighted by Gasteiger charge is -2.09. The summed E-state index contributed by atoms with van der Waals surface area (Å²) in [5.74, 6) is 1.28. The largest absolute Gasteiger partial charge is 0.491 e. The highest BCUT2D eigenvalue weighted by Gasteiger charge is 2.09. The molecule has 0 unspecified atom stereocenters. The Hall–Kier alpha value is -3.93. The first-order valence-electron chi connectivity index (χ1n) is 9.74. The van der Waals surface area contributed by atoms with Gasteiger partial charge in [-0.25, -0.2) is 10.4 Å². The summed E-state index contributed by atoms with van der Waals surface area (Å²) in [5.41, 5.74) is 6.52. The highest BCUT2D eigenvalue weighted by atomic mass is 16.5. The lowest BCUT2D eigenvalue weighted by Crippen LogP contribution is -2.17. The van der Waals surface area contributed by atoms with E-state index in [1.54, 1.807) is 18.3 Å². The first-order valence-corrected chi connectivity index (χ1v) is 9.74. The zero-order valence-corrected chi connectivity index (χ0v) is 16.8. The first-order chi connectivity index (χ1) is 14.6. The molecular weight excluding hydrogens is 376 g/mol. The van der Waals surface area contributed by atoms with Gasteiger partial charge in [0.15, 0.2) is 0 Å². The number of carbonyl (C=O) groups is 1. The van der Waals surface area contributed by atoms with Crippen molar-refractivity contribution in [3.05, 3.63) is 83.9 Å². The summed E-state index contributed by atoms with van der Waals surface area (Å²) in [7, 11) is 0. The number of hydrogen-bond acceptors (Lipinski definition) is 4. The van der Waals surface area contributed by atoms with E-state index in [4.69, 9.17) is 4.74 Å². The molecule has 1 heterocycles. The van der Waals surface area contributed by atoms with Gasteiger partial charge in [0.2, 0.25) is 0 Å². The third-order valence-electron chi connectivity index (χ3n) is 4.42. The van der Waals surface area contributed by atoms with Crippen LogP contribution in [0.25, 0.3) is 22.4 Å². The minimum atomic E-state index is -0.288. The molecule has 0 saturated heterocycles. The van der Waals surface area contributed by atoms with Crippen molar-refractivity contribution in [3.63, 3.8) is 0 Å². The standard InChI is InChI=1S/C24H22N4O2/c1-16(2)30-20-11-8-17(9-12-20)15-25-28-24(29)19-10-13-21-22(14-19)27-23(26-21)18-6-4-3-5-7-18/h3-16H,1-2H3,(H,26,27)(H,28,29)/b25-15+. The minimum Gasteiger partial charge on any atom is -0.491 e. The molecule has 0 radical (unpaired) electrons. The van der Waals surface area contributed by atoms with E-state index >= 15 is 0 Å². The molecule has 0 spiro atoms. The Kier molecular flexibility index (Phi) is 5.57. The summed E-state index contributed by atoms with van der Waals surface area (Å²) in [6, 6.07) is 22.7. The fraction of sp³-hybridized carbons (Fsp3) is 0.125. The van der Waals surface area contributed by atoms with E-state index < -0.39 is 0 Å². The highest BCUT2D eigenvalue weighted by molar-refractivity contribution is 5.98. The number of aromatic amines is 1. The number of nitrogens with zero attached hydrogens (tertiary/aromatic N) is 2. The average Bonchev–Trinajstić information content (AvgIpc) is 3.18. The summed E-state index contributed by atoms with van der Waals surface area (Å²) in [6.45, 7) is 3.96. The van der Waals surface area contributed by atoms with Crippen LogP contribution in [0, 0.1) is 0 Å². The maximum absolute atomic E-state index is 12.5. The third-order valence-corrected chi connectivity index (χ3v) is 4.42. The number of nitrogens with one attached hydrogen (secondary N) is 2. The number of amides is 1. The molecule has 0 atom stereocenters. The fourth-order valence-electron chi connectivity index (χ4n) is 3.02. The van der Waals surface area contributed by atoms with Crippen LogP contribution in [0.4, 0.5) is 0 Å². The number of fused-ring (bicyclic) bond motifs is 1. The Labute approximate surface area is 174 Å². The molecule has 6 nitrogen and oxygen atoms in total. The van der Waals surface area contributed by atoms with Crippen molar-refractivity contribution >= 4 is 23.2 Å². The SMILES string of the molecule is CC(C)Oc1ccc(/C=N/NC(=O)c2ccc3nc(-c4ccccc4)[nH]c3c2)cc1. The topological polar surface area (TPSA) is 79.4 Å². The lowest BCUT2D eigenvalue weighted by molar-refractivity contribution is 0.0955. The Morgan fingerprint density at radius 2 is 1.83 bits per heavy atom. The number of hydrogen-bond donors (Lipinski definition) is 2. The van der Waals surface area contributed by atoms with Crippen molar-refractivity contribution in [1.82, 2.24) is 15.4 Å². The van der Waals surface area contributed by atoms with Gasteiger partial charge in [0.05, 0.1) is 23.4 Å². The van der Waals surface area contributed by atoms with Gasteiger partial charge in [-0.3, -0.25) is 4.79 Å². The van der Waals surface area contributed by atoms with Crippen LogP contribution >= 0.6 is 0 Å². The van der Waals surface area contributed by atoms with E-state index in [1.165, 1.54) is 0 Å². The van der Waals surface area contributed by atoms with Crippen LogP contribution in [0.5, 0.6) is 5.75 Å². The first kappa shape index (κ1) is 19.4. The van der Waals surface area contributed by atoms with Crippen molar-refractivity contribution in [3.8, 4) is 17.1 Å². The molecule has 30 heavy (non-hydrogen) atoms. The van der Waals surface area contributed by atoms with Gasteiger partial charge in [0.25, 0.3) is 5.91 Å². The molecule has 6 heteroatoms. The molecule has 0 saturated carbocycles. The van der Waals surface area contributed by atoms with E-state index in [0.29, 0.717) is 5.56 Å². The number of rotatable bonds is 6. The number of ether oxygens (including phenoxy) is 1. The average molecular weight is 398 g/mol. The van der Waals surface area contributed by atoms with Crippen LogP contribution < -0.4 is 10.2 Å². The molecule has 1 aromatic heterocycles. The van der Waals surface area contributed by atoms with Gasteiger partial charge in [-0.1, -0.05) is 30.3 Å². The van der Waals surface area contributed by atoms with Gasteiger partial charge in [-0.2, -0.15) is 5.10 Å². The van der Waals surface area contributed by atoms with E-state index in [-0.39, 0.29) is 12.0 Å². The smallest absolute Gasteiger partial charge is 0.271 e. The summed E-state index contributed by atoms with van der Waals surface area (Å²) in [6.07, 6.45) is 1.72. The summed E-state index contributed by atoms with van der Waals surface area (Å²) >= 11 is 0. The summed E-state index contributed by atoms with van der Waals surface area (Å²) in [5, 5.41) is 4.05. The van der Waals surface area contributed by atoms with Gasteiger partial charge in [-0.05, 0) is 61.9 Å². The van der Waals surface area contributed by atoms with Crippen molar-refractivity contribution in [2.24, 2.45) is 5.10 Å². The lowest BCUT2D eigenvalue weighted by atomic mass is 10.2. The van der Waals surface area contributed by atoms with Crippen LogP contribution in [-0.2, 0) is 0 Å². The maximum atomic E-state index is 12.5. The van der Waals surface area contributed by atoms with Crippen LogP contribution in [0.1, 0.15) is 29.8 Å². The number of carbonyl (C=O) groups excluding carboxylic acids is 1. The Balaban J connectivity index is 1.43. The number of H-pyrrole nitrogens is 1. The molecular formula is C24H22N4O2. The zero-order valence-electron chi connectivity index (χ0n) is 16.8. The second-order valence-corrected chi connectivity index (χ2v) is 7.12. The molecule has 0 aliphatic carbocycles. The molecule has 4 aromatic rings. The molecule has 0 aliphatic heterocycles. The van der Waals surface area contributed by atoms with Gasteiger partial charge in [0.1, 0.15) is 11.6 Å². The molecule has 3 aromatic carbocycles. The Morgan fingerprint density at radius 3 is 2.57 bits per heavy atom. The van der Waals surface area contributed by atoms with E-state index in [2.05, 4.69) is 20.5 Å². The van der Waals surface area contributed by atoms with Crippen molar-refractivity contribution in [1.29, 1.82) is 0 Å². The fourth-order valence-corrected chi connectivity index (χ4v) is 3.02. The van der Waals surface area contributed by atoms with E-state index in [1.807, 2.05) is 74.5 Å². The normalized spacial score (nSPS) is 11.3. The molecule has 0 bridgehead atoms. The second-order valence-electron chi connectivity index (χ2n) is 7.12. The molecule has 1 amide bonds. The molecule has 4 rings (SSSR count). The molecule has 0 aliphatic rings. The van der Waals surface area contributed by atoms with E-state index in [9.17, 15) is 4.79 Å². The van der Waals surface area contributed by atoms with Gasteiger partial charge < -0.3 is 9.72 Å². The Bertz CT molecular complexity index is 1180. The van der Waals surface area contributed by atoms with Crippen LogP contribution in [0.2, 0.25) is 0 Å². The quantitative estimate of drug-likeness (QED) is 0.362. The van der Waals surface area contributed by atoms with E-state index in [0.717, 1.165) is 33.7 Å². The number of hydrazone groups is 1. The van der Waals surface area contributed by atoms with Crippen LogP contribution in [0.3, 0.4) is 0 Å². The molecule has 2 N–H and O–H groups in total. The predicted octanol–water partition coefficient (Wildman–Crippen LogP) is 4.78. The molecule has 150 valence electrons. The minimum absolute atomic E-state index is 0.125. The van der Waals surface area contributed by atoms with Gasteiger partial charge >= 0.3 is 0 Å². The number of aromatic nitrogens is 2. The second kappa shape index (κ2) is 8.61. The highest BCUT2D eigenvalue weighted by Crippen LogP contribution is 2.21. The molecule has 0 fully saturated rings. The Morgan fingerprint density at radius 1 is 1.07 bits per heavy atom. The maximum Gasteiger partial charge on any atom is 0.271 e. The van der Waals surface area contributed by atoms with Crippen LogP contribution in [0.15, 0.2) is 77.9 Å². The van der Waals surface area contributed by atoms with Crippen LogP contribution in [-0.4, -0.2) is 28.2 Å². The summed E-state index contributed by atoms with van der Waals surface area (Å²) in [4.78, 5) is 20.3. The van der Waals surface area contributed by atoms with Crippen molar-refractivity contribution in [2.45, 2.75) is 20.0 Å². The number of imidazole rings is 1. The monoisotopic (exact) mass is 398 g/mol. The number of benzene rings is 3. The zero-order chi connectivity index (χ0) is 20.9. The van der Waals surface area contributed by atoms with Crippen molar-refractivity contribution < 1.29 is 9.53 Å². The summed E-state index contributed by atoms with van der Waals surface area (Å²) < 4.78 is 5.61. The predicted molar refractivity (Wildman–Crippen MR) is 119 cm³/mol. The van der Waals surface area contributed by atoms with Crippen molar-refractivity contribution in [2.75, 3.05) is 0 Å².